The Morgan fingerprint density at radius 3 is 2.65 bits per heavy atom. The SMILES string of the molecule is CCNC(=NCc1ccc(C)cc1OCCOC)NCC1(C)COC1.I. The molecule has 2 rings (SSSR count). The van der Waals surface area contributed by atoms with Crippen molar-refractivity contribution in [2.75, 3.05) is 46.6 Å². The van der Waals surface area contributed by atoms with E-state index in [9.17, 15) is 0 Å². The van der Waals surface area contributed by atoms with E-state index in [0.717, 1.165) is 43.6 Å². The molecule has 1 aliphatic heterocycles. The highest BCUT2D eigenvalue weighted by atomic mass is 127. The topological polar surface area (TPSA) is 64.1 Å². The Bertz CT molecular complexity index is 577. The summed E-state index contributed by atoms with van der Waals surface area (Å²) in [6.45, 7) is 11.3. The second-order valence-electron chi connectivity index (χ2n) is 6.80. The van der Waals surface area contributed by atoms with Gasteiger partial charge in [-0.2, -0.15) is 0 Å². The molecular weight excluding hydrogens is 445 g/mol. The zero-order valence-corrected chi connectivity index (χ0v) is 18.6. The fourth-order valence-electron chi connectivity index (χ4n) is 2.52. The Morgan fingerprint density at radius 2 is 2.04 bits per heavy atom. The Hall–Kier alpha value is -1.06. The Morgan fingerprint density at radius 1 is 1.27 bits per heavy atom. The summed E-state index contributed by atoms with van der Waals surface area (Å²) in [7, 11) is 1.67. The van der Waals surface area contributed by atoms with Crippen molar-refractivity contribution in [3.05, 3.63) is 29.3 Å². The van der Waals surface area contributed by atoms with E-state index in [1.54, 1.807) is 7.11 Å². The lowest BCUT2D eigenvalue weighted by atomic mass is 9.89. The fraction of sp³-hybridized carbons (Fsp3) is 0.632. The molecule has 1 aliphatic rings. The number of halogens is 1. The summed E-state index contributed by atoms with van der Waals surface area (Å²) < 4.78 is 16.2. The number of nitrogens with zero attached hydrogens (tertiary/aromatic N) is 1. The second-order valence-corrected chi connectivity index (χ2v) is 6.80. The number of methoxy groups -OCH3 is 1. The van der Waals surface area contributed by atoms with Gasteiger partial charge in [-0.05, 0) is 25.5 Å². The summed E-state index contributed by atoms with van der Waals surface area (Å²) >= 11 is 0. The molecule has 1 fully saturated rings. The van der Waals surface area contributed by atoms with Crippen LogP contribution in [0.15, 0.2) is 23.2 Å². The standard InChI is InChI=1S/C19H31N3O3.HI/c1-5-20-18(22-12-19(3)13-24-14-19)21-11-16-7-6-15(2)10-17(16)25-9-8-23-4;/h6-7,10H,5,8-9,11-14H2,1-4H3,(H2,20,21,22);1H. The van der Waals surface area contributed by atoms with Gasteiger partial charge in [-0.25, -0.2) is 4.99 Å². The molecule has 0 aromatic heterocycles. The van der Waals surface area contributed by atoms with Gasteiger partial charge in [-0.1, -0.05) is 19.1 Å². The highest BCUT2D eigenvalue weighted by molar-refractivity contribution is 14.0. The normalized spacial score (nSPS) is 15.6. The quantitative estimate of drug-likeness (QED) is 0.248. The van der Waals surface area contributed by atoms with Crippen molar-refractivity contribution in [1.82, 2.24) is 10.6 Å². The van der Waals surface area contributed by atoms with Crippen LogP contribution in [0.4, 0.5) is 0 Å². The first-order valence-corrected chi connectivity index (χ1v) is 8.87. The molecule has 2 N–H and O–H groups in total. The van der Waals surface area contributed by atoms with Gasteiger partial charge in [-0.3, -0.25) is 0 Å². The first-order valence-electron chi connectivity index (χ1n) is 8.87. The van der Waals surface area contributed by atoms with Gasteiger partial charge in [0.05, 0.1) is 26.4 Å². The third kappa shape index (κ3) is 7.28. The summed E-state index contributed by atoms with van der Waals surface area (Å²) in [5.41, 5.74) is 2.44. The summed E-state index contributed by atoms with van der Waals surface area (Å²) in [5.74, 6) is 1.69. The molecule has 1 heterocycles. The van der Waals surface area contributed by atoms with Crippen LogP contribution in [-0.2, 0) is 16.0 Å². The maximum atomic E-state index is 5.84. The van der Waals surface area contributed by atoms with Gasteiger partial charge < -0.3 is 24.8 Å². The summed E-state index contributed by atoms with van der Waals surface area (Å²) in [5, 5.41) is 6.71. The third-order valence-electron chi connectivity index (χ3n) is 4.10. The number of nitrogens with one attached hydrogen (secondary N) is 2. The fourth-order valence-corrected chi connectivity index (χ4v) is 2.52. The Labute approximate surface area is 174 Å². The number of rotatable bonds is 9. The highest BCUT2D eigenvalue weighted by Crippen LogP contribution is 2.25. The number of aryl methyl sites for hydroxylation is 1. The molecule has 26 heavy (non-hydrogen) atoms. The van der Waals surface area contributed by atoms with E-state index in [1.807, 2.05) is 6.07 Å². The molecule has 0 saturated carbocycles. The molecule has 0 atom stereocenters. The Balaban J connectivity index is 0.00000338. The predicted octanol–water partition coefficient (Wildman–Crippen LogP) is 2.73. The van der Waals surface area contributed by atoms with Gasteiger partial charge in [0.2, 0.25) is 0 Å². The van der Waals surface area contributed by atoms with Crippen LogP contribution in [0.3, 0.4) is 0 Å². The van der Waals surface area contributed by atoms with Crippen molar-refractivity contribution >= 4 is 29.9 Å². The molecule has 0 unspecified atom stereocenters. The largest absolute Gasteiger partial charge is 0.491 e. The van der Waals surface area contributed by atoms with Gasteiger partial charge in [0.25, 0.3) is 0 Å². The van der Waals surface area contributed by atoms with Crippen LogP contribution < -0.4 is 15.4 Å². The van der Waals surface area contributed by atoms with Crippen LogP contribution in [-0.4, -0.2) is 52.6 Å². The predicted molar refractivity (Wildman–Crippen MR) is 116 cm³/mol. The molecule has 0 aliphatic carbocycles. The van der Waals surface area contributed by atoms with Crippen LogP contribution in [0.25, 0.3) is 0 Å². The summed E-state index contributed by atoms with van der Waals surface area (Å²) in [6.07, 6.45) is 0. The number of aliphatic imine (C=N–C) groups is 1. The van der Waals surface area contributed by atoms with E-state index in [1.165, 1.54) is 5.56 Å². The molecule has 148 valence electrons. The average Bonchev–Trinajstić information content (AvgIpc) is 2.57. The van der Waals surface area contributed by atoms with Crippen LogP contribution in [0, 0.1) is 12.3 Å². The number of guanidine groups is 1. The first-order chi connectivity index (χ1) is 12.1. The van der Waals surface area contributed by atoms with Gasteiger partial charge in [-0.15, -0.1) is 24.0 Å². The summed E-state index contributed by atoms with van der Waals surface area (Å²) in [6, 6.07) is 6.21. The number of ether oxygens (including phenoxy) is 3. The molecular formula is C19H32IN3O3. The van der Waals surface area contributed by atoms with Crippen molar-refractivity contribution in [3.63, 3.8) is 0 Å². The first kappa shape index (κ1) is 23.0. The van der Waals surface area contributed by atoms with Crippen molar-refractivity contribution < 1.29 is 14.2 Å². The van der Waals surface area contributed by atoms with E-state index in [0.29, 0.717) is 19.8 Å². The Kier molecular flexibility index (Phi) is 10.3. The van der Waals surface area contributed by atoms with Crippen LogP contribution in [0.5, 0.6) is 5.75 Å². The third-order valence-corrected chi connectivity index (χ3v) is 4.10. The maximum Gasteiger partial charge on any atom is 0.191 e. The zero-order valence-electron chi connectivity index (χ0n) is 16.3. The van der Waals surface area contributed by atoms with Crippen molar-refractivity contribution in [2.24, 2.45) is 10.4 Å². The van der Waals surface area contributed by atoms with Crippen LogP contribution >= 0.6 is 24.0 Å². The molecule has 1 saturated heterocycles. The van der Waals surface area contributed by atoms with E-state index in [4.69, 9.17) is 19.2 Å². The van der Waals surface area contributed by atoms with Crippen molar-refractivity contribution in [3.8, 4) is 5.75 Å². The molecule has 1 aromatic carbocycles. The average molecular weight is 477 g/mol. The minimum Gasteiger partial charge on any atom is -0.491 e. The lowest BCUT2D eigenvalue weighted by Crippen LogP contribution is -2.51. The molecule has 0 radical (unpaired) electrons. The molecule has 0 amide bonds. The van der Waals surface area contributed by atoms with Crippen LogP contribution in [0.2, 0.25) is 0 Å². The number of hydrogen-bond donors (Lipinski definition) is 2. The monoisotopic (exact) mass is 477 g/mol. The zero-order chi connectivity index (χ0) is 18.1. The lowest BCUT2D eigenvalue weighted by Gasteiger charge is -2.38. The lowest BCUT2D eigenvalue weighted by molar-refractivity contribution is -0.0971. The molecule has 0 spiro atoms. The van der Waals surface area contributed by atoms with Gasteiger partial charge >= 0.3 is 0 Å². The molecule has 1 aromatic rings. The number of hydrogen-bond acceptors (Lipinski definition) is 4. The minimum atomic E-state index is 0. The molecule has 0 bridgehead atoms. The van der Waals surface area contributed by atoms with E-state index < -0.39 is 0 Å². The maximum absolute atomic E-state index is 5.84. The second kappa shape index (κ2) is 11.6. The number of benzene rings is 1. The smallest absolute Gasteiger partial charge is 0.191 e. The summed E-state index contributed by atoms with van der Waals surface area (Å²) in [4.78, 5) is 4.71. The molecule has 6 nitrogen and oxygen atoms in total. The minimum absolute atomic E-state index is 0. The van der Waals surface area contributed by atoms with E-state index >= 15 is 0 Å². The van der Waals surface area contributed by atoms with Crippen molar-refractivity contribution in [2.45, 2.75) is 27.3 Å². The van der Waals surface area contributed by atoms with Gasteiger partial charge in [0, 0.05) is 31.2 Å². The van der Waals surface area contributed by atoms with E-state index in [-0.39, 0.29) is 29.4 Å². The van der Waals surface area contributed by atoms with Crippen molar-refractivity contribution in [1.29, 1.82) is 0 Å². The van der Waals surface area contributed by atoms with Crippen LogP contribution in [0.1, 0.15) is 25.0 Å². The van der Waals surface area contributed by atoms with Gasteiger partial charge in [0.15, 0.2) is 5.96 Å². The van der Waals surface area contributed by atoms with Gasteiger partial charge in [0.1, 0.15) is 12.4 Å². The highest BCUT2D eigenvalue weighted by Gasteiger charge is 2.33. The van der Waals surface area contributed by atoms with E-state index in [2.05, 4.69) is 43.5 Å². The molecule has 7 heteroatoms.